The summed E-state index contributed by atoms with van der Waals surface area (Å²) in [6.07, 6.45) is 2.38. The van der Waals surface area contributed by atoms with E-state index in [0.29, 0.717) is 18.1 Å². The quantitative estimate of drug-likeness (QED) is 0.713. The standard InChI is InChI=1S/C12H14ClNO/c1-10-5-6-11(13)9-12(10)15-8-4-2-3-7-14/h5-6,9H,2-4,8H2,1H3. The van der Waals surface area contributed by atoms with E-state index in [9.17, 15) is 0 Å². The van der Waals surface area contributed by atoms with Gasteiger partial charge in [-0.1, -0.05) is 17.7 Å². The number of halogens is 1. The van der Waals surface area contributed by atoms with E-state index in [-0.39, 0.29) is 0 Å². The Bertz CT molecular complexity index is 357. The van der Waals surface area contributed by atoms with E-state index >= 15 is 0 Å². The van der Waals surface area contributed by atoms with Crippen LogP contribution in [0.4, 0.5) is 0 Å². The average molecular weight is 224 g/mol. The zero-order valence-electron chi connectivity index (χ0n) is 8.79. The first-order chi connectivity index (χ1) is 7.24. The molecule has 0 aliphatic rings. The second kappa shape index (κ2) is 6.31. The van der Waals surface area contributed by atoms with Crippen LogP contribution in [0.2, 0.25) is 5.02 Å². The summed E-state index contributed by atoms with van der Waals surface area (Å²) in [5, 5.41) is 9.04. The van der Waals surface area contributed by atoms with E-state index in [4.69, 9.17) is 21.6 Å². The van der Waals surface area contributed by atoms with Crippen molar-refractivity contribution in [1.82, 2.24) is 0 Å². The molecule has 1 aromatic rings. The number of nitriles is 1. The molecule has 0 heterocycles. The summed E-state index contributed by atoms with van der Waals surface area (Å²) in [4.78, 5) is 0. The van der Waals surface area contributed by atoms with Crippen molar-refractivity contribution < 1.29 is 4.74 Å². The number of benzene rings is 1. The molecule has 0 unspecified atom stereocenters. The van der Waals surface area contributed by atoms with Crippen LogP contribution in [0.1, 0.15) is 24.8 Å². The average Bonchev–Trinajstić information content (AvgIpc) is 2.23. The molecule has 2 nitrogen and oxygen atoms in total. The van der Waals surface area contributed by atoms with Crippen LogP contribution in [0, 0.1) is 18.3 Å². The highest BCUT2D eigenvalue weighted by molar-refractivity contribution is 6.30. The van der Waals surface area contributed by atoms with Crippen LogP contribution in [-0.2, 0) is 0 Å². The molecule has 0 aliphatic heterocycles. The Morgan fingerprint density at radius 3 is 2.93 bits per heavy atom. The van der Waals surface area contributed by atoms with Gasteiger partial charge in [-0.15, -0.1) is 0 Å². The van der Waals surface area contributed by atoms with Gasteiger partial charge >= 0.3 is 0 Å². The number of rotatable bonds is 5. The van der Waals surface area contributed by atoms with Gasteiger partial charge in [-0.2, -0.15) is 5.26 Å². The molecular formula is C12H14ClNO. The van der Waals surface area contributed by atoms with Crippen LogP contribution < -0.4 is 4.74 Å². The molecule has 80 valence electrons. The third kappa shape index (κ3) is 4.22. The number of ether oxygens (including phenoxy) is 1. The van der Waals surface area contributed by atoms with Gasteiger partial charge in [0.2, 0.25) is 0 Å². The second-order valence-corrected chi connectivity index (χ2v) is 3.81. The van der Waals surface area contributed by atoms with Gasteiger partial charge in [-0.05, 0) is 37.5 Å². The van der Waals surface area contributed by atoms with Crippen LogP contribution >= 0.6 is 11.6 Å². The van der Waals surface area contributed by atoms with Crippen molar-refractivity contribution in [2.45, 2.75) is 26.2 Å². The van der Waals surface area contributed by atoms with Gasteiger partial charge < -0.3 is 4.74 Å². The minimum atomic E-state index is 0.595. The molecule has 0 spiro atoms. The highest BCUT2D eigenvalue weighted by Crippen LogP contribution is 2.22. The number of unbranched alkanes of at least 4 members (excludes halogenated alkanes) is 2. The first-order valence-electron chi connectivity index (χ1n) is 5.00. The Kier molecular flexibility index (Phi) is 5.00. The predicted molar refractivity (Wildman–Crippen MR) is 61.1 cm³/mol. The lowest BCUT2D eigenvalue weighted by molar-refractivity contribution is 0.305. The third-order valence-electron chi connectivity index (χ3n) is 2.09. The van der Waals surface area contributed by atoms with Crippen molar-refractivity contribution >= 4 is 11.6 Å². The number of nitrogens with zero attached hydrogens (tertiary/aromatic N) is 1. The first kappa shape index (κ1) is 11.9. The minimum absolute atomic E-state index is 0.595. The number of aryl methyl sites for hydroxylation is 1. The fraction of sp³-hybridized carbons (Fsp3) is 0.417. The zero-order valence-corrected chi connectivity index (χ0v) is 9.55. The molecule has 1 rings (SSSR count). The largest absolute Gasteiger partial charge is 0.493 e. The summed E-state index contributed by atoms with van der Waals surface area (Å²) in [6.45, 7) is 2.63. The summed E-state index contributed by atoms with van der Waals surface area (Å²) in [5.41, 5.74) is 1.08. The summed E-state index contributed by atoms with van der Waals surface area (Å²) >= 11 is 5.86. The molecule has 0 aliphatic carbocycles. The second-order valence-electron chi connectivity index (χ2n) is 3.37. The summed E-state index contributed by atoms with van der Waals surface area (Å²) < 4.78 is 5.57. The van der Waals surface area contributed by atoms with Crippen molar-refractivity contribution in [2.75, 3.05) is 6.61 Å². The smallest absolute Gasteiger partial charge is 0.123 e. The van der Waals surface area contributed by atoms with Gasteiger partial charge in [-0.25, -0.2) is 0 Å². The van der Waals surface area contributed by atoms with Gasteiger partial charge in [0.25, 0.3) is 0 Å². The molecule has 0 amide bonds. The van der Waals surface area contributed by atoms with E-state index in [2.05, 4.69) is 6.07 Å². The van der Waals surface area contributed by atoms with Crippen molar-refractivity contribution in [3.8, 4) is 11.8 Å². The van der Waals surface area contributed by atoms with E-state index in [1.165, 1.54) is 0 Å². The molecule has 0 fully saturated rings. The maximum absolute atomic E-state index is 8.35. The van der Waals surface area contributed by atoms with Crippen molar-refractivity contribution in [3.63, 3.8) is 0 Å². The highest BCUT2D eigenvalue weighted by Gasteiger charge is 1.99. The molecular weight excluding hydrogens is 210 g/mol. The monoisotopic (exact) mass is 223 g/mol. The Labute approximate surface area is 95.4 Å². The van der Waals surface area contributed by atoms with Gasteiger partial charge in [0.05, 0.1) is 12.7 Å². The SMILES string of the molecule is Cc1ccc(Cl)cc1OCCCCC#N. The van der Waals surface area contributed by atoms with Gasteiger partial charge in [0.1, 0.15) is 5.75 Å². The van der Waals surface area contributed by atoms with E-state index in [0.717, 1.165) is 24.2 Å². The Morgan fingerprint density at radius 1 is 1.40 bits per heavy atom. The fourth-order valence-electron chi connectivity index (χ4n) is 1.22. The minimum Gasteiger partial charge on any atom is -0.493 e. The number of hydrogen-bond acceptors (Lipinski definition) is 2. The Morgan fingerprint density at radius 2 is 2.20 bits per heavy atom. The first-order valence-corrected chi connectivity index (χ1v) is 5.37. The molecule has 1 aromatic carbocycles. The van der Waals surface area contributed by atoms with Crippen LogP contribution in [-0.4, -0.2) is 6.61 Å². The third-order valence-corrected chi connectivity index (χ3v) is 2.33. The Hall–Kier alpha value is -1.20. The van der Waals surface area contributed by atoms with Crippen LogP contribution in [0.3, 0.4) is 0 Å². The lowest BCUT2D eigenvalue weighted by atomic mass is 10.2. The van der Waals surface area contributed by atoms with Crippen LogP contribution in [0.25, 0.3) is 0 Å². The summed E-state index contributed by atoms with van der Waals surface area (Å²) in [5.74, 6) is 0.833. The maximum Gasteiger partial charge on any atom is 0.123 e. The molecule has 0 saturated heterocycles. The van der Waals surface area contributed by atoms with Crippen molar-refractivity contribution in [3.05, 3.63) is 28.8 Å². The molecule has 0 radical (unpaired) electrons. The molecule has 3 heteroatoms. The Balaban J connectivity index is 2.37. The van der Waals surface area contributed by atoms with Gasteiger partial charge in [-0.3, -0.25) is 0 Å². The molecule has 0 aromatic heterocycles. The topological polar surface area (TPSA) is 33.0 Å². The maximum atomic E-state index is 8.35. The van der Waals surface area contributed by atoms with Crippen LogP contribution in [0.15, 0.2) is 18.2 Å². The summed E-state index contributed by atoms with van der Waals surface area (Å²) in [6, 6.07) is 7.71. The van der Waals surface area contributed by atoms with Crippen molar-refractivity contribution in [2.24, 2.45) is 0 Å². The van der Waals surface area contributed by atoms with Crippen molar-refractivity contribution in [1.29, 1.82) is 5.26 Å². The molecule has 0 bridgehead atoms. The molecule has 15 heavy (non-hydrogen) atoms. The molecule has 0 N–H and O–H groups in total. The van der Waals surface area contributed by atoms with Gasteiger partial charge in [0, 0.05) is 11.4 Å². The van der Waals surface area contributed by atoms with E-state index in [1.54, 1.807) is 0 Å². The fourth-order valence-corrected chi connectivity index (χ4v) is 1.38. The van der Waals surface area contributed by atoms with E-state index in [1.807, 2.05) is 25.1 Å². The lowest BCUT2D eigenvalue weighted by Crippen LogP contribution is -1.98. The molecule has 0 atom stereocenters. The normalized spacial score (nSPS) is 9.67. The van der Waals surface area contributed by atoms with Crippen LogP contribution in [0.5, 0.6) is 5.75 Å². The predicted octanol–water partition coefficient (Wildman–Crippen LogP) is 3.72. The number of hydrogen-bond donors (Lipinski definition) is 0. The van der Waals surface area contributed by atoms with E-state index < -0.39 is 0 Å². The zero-order chi connectivity index (χ0) is 11.1. The lowest BCUT2D eigenvalue weighted by Gasteiger charge is -2.08. The highest BCUT2D eigenvalue weighted by atomic mass is 35.5. The molecule has 0 saturated carbocycles. The van der Waals surface area contributed by atoms with Gasteiger partial charge in [0.15, 0.2) is 0 Å². The summed E-state index contributed by atoms with van der Waals surface area (Å²) in [7, 11) is 0.